The van der Waals surface area contributed by atoms with Gasteiger partial charge in [-0.25, -0.2) is 0 Å². The zero-order chi connectivity index (χ0) is 19.2. The highest BCUT2D eigenvalue weighted by Gasteiger charge is 2.79. The standard InChI is InChI=1S/C23H36O5/c1-20-7-4-3-5-17(20)19(24)13-15-16(20)6-8-21(2)18(15)14-22-23(21,27-11-9-25-22)28-12-10-26-22/h15-19,24H,3-14H2,1-2H3/t15-,16+,17?,18+,19+,20-,21+,22?,23?/m1/s1. The zero-order valence-corrected chi connectivity index (χ0v) is 17.5. The van der Waals surface area contributed by atoms with Crippen LogP contribution in [-0.2, 0) is 18.9 Å². The Balaban J connectivity index is 1.42. The largest absolute Gasteiger partial charge is 0.393 e. The van der Waals surface area contributed by atoms with Gasteiger partial charge in [0.25, 0.3) is 0 Å². The van der Waals surface area contributed by atoms with Crippen molar-refractivity contribution < 1.29 is 24.1 Å². The van der Waals surface area contributed by atoms with Crippen molar-refractivity contribution in [2.75, 3.05) is 26.4 Å². The molecule has 28 heavy (non-hydrogen) atoms. The van der Waals surface area contributed by atoms with Gasteiger partial charge in [-0.05, 0) is 61.2 Å². The van der Waals surface area contributed by atoms with E-state index in [4.69, 9.17) is 18.9 Å². The smallest absolute Gasteiger partial charge is 0.229 e. The van der Waals surface area contributed by atoms with E-state index in [-0.39, 0.29) is 16.9 Å². The molecule has 1 N–H and O–H groups in total. The fraction of sp³-hybridized carbons (Fsp3) is 1.00. The molecule has 0 aromatic rings. The topological polar surface area (TPSA) is 57.2 Å². The van der Waals surface area contributed by atoms with E-state index in [9.17, 15) is 5.11 Å². The highest BCUT2D eigenvalue weighted by atomic mass is 16.8. The van der Waals surface area contributed by atoms with E-state index in [0.29, 0.717) is 50.1 Å². The molecule has 1 unspecified atom stereocenters. The van der Waals surface area contributed by atoms with Gasteiger partial charge in [0.1, 0.15) is 0 Å². The van der Waals surface area contributed by atoms with E-state index < -0.39 is 11.6 Å². The minimum absolute atomic E-state index is 0.118. The quantitative estimate of drug-likeness (QED) is 0.684. The Morgan fingerprint density at radius 2 is 1.50 bits per heavy atom. The van der Waals surface area contributed by atoms with Gasteiger partial charge in [-0.3, -0.25) is 0 Å². The number of aliphatic hydroxyl groups is 1. The van der Waals surface area contributed by atoms with Gasteiger partial charge in [0.15, 0.2) is 0 Å². The molecule has 4 saturated carbocycles. The zero-order valence-electron chi connectivity index (χ0n) is 17.5. The maximum atomic E-state index is 11.2. The second-order valence-corrected chi connectivity index (χ2v) is 11.0. The second kappa shape index (κ2) is 5.94. The van der Waals surface area contributed by atoms with E-state index in [1.54, 1.807) is 0 Å². The lowest BCUT2D eigenvalue weighted by molar-refractivity contribution is -0.474. The van der Waals surface area contributed by atoms with Crippen LogP contribution in [0.1, 0.15) is 65.2 Å². The Kier molecular flexibility index (Phi) is 3.94. The van der Waals surface area contributed by atoms with Crippen molar-refractivity contribution in [1.82, 2.24) is 0 Å². The maximum Gasteiger partial charge on any atom is 0.229 e. The molecule has 0 radical (unpaired) electrons. The van der Waals surface area contributed by atoms with Crippen LogP contribution in [0.3, 0.4) is 0 Å². The van der Waals surface area contributed by atoms with Gasteiger partial charge < -0.3 is 24.1 Å². The van der Waals surface area contributed by atoms with Crippen LogP contribution in [0.2, 0.25) is 0 Å². The molecule has 6 rings (SSSR count). The summed E-state index contributed by atoms with van der Waals surface area (Å²) in [6, 6.07) is 0. The van der Waals surface area contributed by atoms with Gasteiger partial charge >= 0.3 is 0 Å². The van der Waals surface area contributed by atoms with Crippen LogP contribution >= 0.6 is 0 Å². The summed E-state index contributed by atoms with van der Waals surface area (Å²) in [6.45, 7) is 7.15. The molecule has 2 aliphatic heterocycles. The number of fused-ring (bicyclic) bond motifs is 5. The third-order valence-electron chi connectivity index (χ3n) is 10.2. The van der Waals surface area contributed by atoms with E-state index in [0.717, 1.165) is 19.3 Å². The first-order chi connectivity index (χ1) is 13.5. The van der Waals surface area contributed by atoms with Gasteiger partial charge in [0, 0.05) is 11.8 Å². The van der Waals surface area contributed by atoms with Crippen LogP contribution in [0.25, 0.3) is 0 Å². The summed E-state index contributed by atoms with van der Waals surface area (Å²) in [5.74, 6) is 0.555. The first-order valence-corrected chi connectivity index (χ1v) is 11.7. The summed E-state index contributed by atoms with van der Waals surface area (Å²) in [4.78, 5) is 0. The predicted molar refractivity (Wildman–Crippen MR) is 102 cm³/mol. The molecule has 0 amide bonds. The molecule has 0 spiro atoms. The normalized spacial score (nSPS) is 60.8. The number of ether oxygens (including phenoxy) is 4. The molecular formula is C23H36O5. The van der Waals surface area contributed by atoms with Gasteiger partial charge in [0.05, 0.1) is 32.5 Å². The summed E-state index contributed by atoms with van der Waals surface area (Å²) in [5.41, 5.74) is 0.159. The number of hydrogen-bond acceptors (Lipinski definition) is 5. The SMILES string of the molecule is C[C@]12CCCCC1[C@@H](O)C[C@@H]1[C@@H]2CC[C@@]2(C)[C@H]1CC13OCCOC12OCCO3. The fourth-order valence-corrected chi connectivity index (χ4v) is 9.04. The Labute approximate surface area is 168 Å². The highest BCUT2D eigenvalue weighted by molar-refractivity contribution is 5.19. The van der Waals surface area contributed by atoms with Crippen molar-refractivity contribution in [2.24, 2.45) is 34.5 Å². The van der Waals surface area contributed by atoms with Crippen LogP contribution in [0.4, 0.5) is 0 Å². The average Bonchev–Trinajstić information content (AvgIpc) is 2.95. The Morgan fingerprint density at radius 1 is 0.786 bits per heavy atom. The molecule has 0 bridgehead atoms. The van der Waals surface area contributed by atoms with Crippen LogP contribution < -0.4 is 0 Å². The Hall–Kier alpha value is -0.200. The Bertz CT molecular complexity index is 639. The summed E-state index contributed by atoms with van der Waals surface area (Å²) < 4.78 is 25.6. The van der Waals surface area contributed by atoms with Crippen molar-refractivity contribution in [3.63, 3.8) is 0 Å². The third kappa shape index (κ3) is 2.01. The van der Waals surface area contributed by atoms with Crippen LogP contribution in [0, 0.1) is 34.5 Å². The molecular weight excluding hydrogens is 356 g/mol. The van der Waals surface area contributed by atoms with Crippen molar-refractivity contribution in [3.8, 4) is 0 Å². The first-order valence-electron chi connectivity index (χ1n) is 11.7. The van der Waals surface area contributed by atoms with Crippen LogP contribution in [-0.4, -0.2) is 49.2 Å². The monoisotopic (exact) mass is 392 g/mol. The lowest BCUT2D eigenvalue weighted by atomic mass is 9.44. The molecule has 158 valence electrons. The summed E-state index contributed by atoms with van der Waals surface area (Å²) in [7, 11) is 0. The van der Waals surface area contributed by atoms with Crippen molar-refractivity contribution >= 4 is 0 Å². The lowest BCUT2D eigenvalue weighted by Gasteiger charge is -2.63. The molecule has 5 heteroatoms. The maximum absolute atomic E-state index is 11.2. The van der Waals surface area contributed by atoms with Gasteiger partial charge in [-0.1, -0.05) is 26.7 Å². The summed E-state index contributed by atoms with van der Waals surface area (Å²) in [5, 5.41) is 11.2. The van der Waals surface area contributed by atoms with Crippen molar-refractivity contribution in [2.45, 2.75) is 82.9 Å². The number of aliphatic hydroxyl groups excluding tert-OH is 1. The van der Waals surface area contributed by atoms with Gasteiger partial charge in [0.2, 0.25) is 11.6 Å². The van der Waals surface area contributed by atoms with Crippen molar-refractivity contribution in [1.29, 1.82) is 0 Å². The van der Waals surface area contributed by atoms with E-state index in [1.807, 2.05) is 0 Å². The van der Waals surface area contributed by atoms with Crippen LogP contribution in [0.15, 0.2) is 0 Å². The number of hydrogen-bond donors (Lipinski definition) is 1. The lowest BCUT2D eigenvalue weighted by Crippen LogP contribution is -2.70. The van der Waals surface area contributed by atoms with Crippen LogP contribution in [0.5, 0.6) is 0 Å². The minimum Gasteiger partial charge on any atom is -0.393 e. The molecule has 5 nitrogen and oxygen atoms in total. The second-order valence-electron chi connectivity index (χ2n) is 11.0. The van der Waals surface area contributed by atoms with E-state index >= 15 is 0 Å². The molecule has 2 saturated heterocycles. The Morgan fingerprint density at radius 3 is 2.25 bits per heavy atom. The van der Waals surface area contributed by atoms with Gasteiger partial charge in [-0.2, -0.15) is 0 Å². The highest BCUT2D eigenvalue weighted by Crippen LogP contribution is 2.72. The molecule has 6 aliphatic rings. The molecule has 2 heterocycles. The molecule has 4 aliphatic carbocycles. The third-order valence-corrected chi connectivity index (χ3v) is 10.2. The molecule has 0 aromatic heterocycles. The summed E-state index contributed by atoms with van der Waals surface area (Å²) >= 11 is 0. The van der Waals surface area contributed by atoms with E-state index in [1.165, 1.54) is 32.1 Å². The average molecular weight is 393 g/mol. The van der Waals surface area contributed by atoms with Gasteiger partial charge in [-0.15, -0.1) is 0 Å². The number of rotatable bonds is 0. The predicted octanol–water partition coefficient (Wildman–Crippen LogP) is 3.49. The van der Waals surface area contributed by atoms with E-state index in [2.05, 4.69) is 13.8 Å². The van der Waals surface area contributed by atoms with Crippen molar-refractivity contribution in [3.05, 3.63) is 0 Å². The molecule has 7 atom stereocenters. The molecule has 0 aromatic carbocycles. The fourth-order valence-electron chi connectivity index (χ4n) is 9.04. The first kappa shape index (κ1) is 18.6. The minimum atomic E-state index is -0.776. The summed E-state index contributed by atoms with van der Waals surface area (Å²) in [6.07, 6.45) is 8.99. The molecule has 6 fully saturated rings.